The molecule has 0 saturated heterocycles. The van der Waals surface area contributed by atoms with Crippen molar-refractivity contribution in [1.29, 1.82) is 0 Å². The topological polar surface area (TPSA) is 29.1 Å². The van der Waals surface area contributed by atoms with Gasteiger partial charge in [0.2, 0.25) is 5.91 Å². The quantitative estimate of drug-likeness (QED) is 0.802. The van der Waals surface area contributed by atoms with E-state index in [1.807, 2.05) is 12.1 Å². The molecule has 2 nitrogen and oxygen atoms in total. The summed E-state index contributed by atoms with van der Waals surface area (Å²) in [6.45, 7) is 1.53. The van der Waals surface area contributed by atoms with Gasteiger partial charge in [-0.2, -0.15) is 0 Å². The van der Waals surface area contributed by atoms with E-state index < -0.39 is 0 Å². The fraction of sp³-hybridized carbons (Fsp3) is 0.100. The van der Waals surface area contributed by atoms with E-state index in [4.69, 9.17) is 0 Å². The molecule has 72 valence electrons. The second kappa shape index (κ2) is 3.86. The van der Waals surface area contributed by atoms with Crippen molar-refractivity contribution >= 4 is 55.6 Å². The van der Waals surface area contributed by atoms with E-state index in [0.717, 1.165) is 11.1 Å². The van der Waals surface area contributed by atoms with Gasteiger partial charge in [-0.05, 0) is 34.7 Å². The smallest absolute Gasteiger partial charge is 0.221 e. The summed E-state index contributed by atoms with van der Waals surface area (Å²) in [5.41, 5.74) is 0.903. The molecule has 0 bridgehead atoms. The number of thiophene rings is 1. The Morgan fingerprint density at radius 1 is 1.50 bits per heavy atom. The molecular weight excluding hydrogens is 309 g/mol. The first-order chi connectivity index (χ1) is 6.68. The molecular formula is C10H8INOS. The number of amides is 1. The fourth-order valence-electron chi connectivity index (χ4n) is 1.34. The molecule has 1 aromatic heterocycles. The van der Waals surface area contributed by atoms with Gasteiger partial charge in [0.25, 0.3) is 0 Å². The van der Waals surface area contributed by atoms with Crippen LogP contribution in [0.15, 0.2) is 23.6 Å². The summed E-state index contributed by atoms with van der Waals surface area (Å²) in [4.78, 5) is 11.0. The van der Waals surface area contributed by atoms with Crippen molar-refractivity contribution in [3.05, 3.63) is 27.1 Å². The maximum atomic E-state index is 11.0. The van der Waals surface area contributed by atoms with Gasteiger partial charge in [0, 0.05) is 26.0 Å². The number of anilines is 1. The minimum Gasteiger partial charge on any atom is -0.326 e. The molecule has 4 heteroatoms. The Labute approximate surface area is 99.5 Å². The Kier molecular flexibility index (Phi) is 2.73. The van der Waals surface area contributed by atoms with Gasteiger partial charge < -0.3 is 5.32 Å². The molecule has 2 aromatic rings. The van der Waals surface area contributed by atoms with Crippen molar-refractivity contribution in [1.82, 2.24) is 0 Å². The minimum absolute atomic E-state index is 0.0282. The van der Waals surface area contributed by atoms with Gasteiger partial charge in [-0.1, -0.05) is 6.07 Å². The van der Waals surface area contributed by atoms with E-state index in [0.29, 0.717) is 0 Å². The second-order valence-electron chi connectivity index (χ2n) is 2.94. The first-order valence-corrected chi connectivity index (χ1v) is 6.07. The highest BCUT2D eigenvalue weighted by molar-refractivity contribution is 14.1. The number of nitrogens with one attached hydrogen (secondary N) is 1. The van der Waals surface area contributed by atoms with E-state index in [1.54, 1.807) is 11.3 Å². The van der Waals surface area contributed by atoms with Crippen LogP contribution in [0, 0.1) is 3.57 Å². The van der Waals surface area contributed by atoms with E-state index in [-0.39, 0.29) is 5.91 Å². The normalized spacial score (nSPS) is 10.4. The summed E-state index contributed by atoms with van der Waals surface area (Å²) in [6, 6.07) is 5.95. The molecule has 0 spiro atoms. The largest absolute Gasteiger partial charge is 0.326 e. The molecule has 1 heterocycles. The number of carbonyl (C=O) groups is 1. The first kappa shape index (κ1) is 9.92. The molecule has 0 aliphatic heterocycles. The molecule has 0 radical (unpaired) electrons. The number of fused-ring (bicyclic) bond motifs is 1. The molecule has 0 saturated carbocycles. The zero-order valence-electron chi connectivity index (χ0n) is 7.50. The molecule has 1 N–H and O–H groups in total. The number of halogens is 1. The van der Waals surface area contributed by atoms with Gasteiger partial charge in [0.1, 0.15) is 0 Å². The predicted octanol–water partition coefficient (Wildman–Crippen LogP) is 3.46. The van der Waals surface area contributed by atoms with E-state index >= 15 is 0 Å². The summed E-state index contributed by atoms with van der Waals surface area (Å²) in [5, 5.41) is 6.08. The second-order valence-corrected chi connectivity index (χ2v) is 5.02. The Hall–Kier alpha value is -0.620. The molecule has 14 heavy (non-hydrogen) atoms. The lowest BCUT2D eigenvalue weighted by molar-refractivity contribution is -0.114. The third kappa shape index (κ3) is 1.76. The highest BCUT2D eigenvalue weighted by Gasteiger charge is 2.07. The van der Waals surface area contributed by atoms with Crippen molar-refractivity contribution in [2.75, 3.05) is 5.32 Å². The Bertz CT molecular complexity index is 492. The lowest BCUT2D eigenvalue weighted by Gasteiger charge is -2.03. The number of hydrogen-bond acceptors (Lipinski definition) is 2. The van der Waals surface area contributed by atoms with Crippen LogP contribution in [0.3, 0.4) is 0 Å². The van der Waals surface area contributed by atoms with Crippen molar-refractivity contribution in [2.24, 2.45) is 0 Å². The Balaban J connectivity index is 2.63. The maximum Gasteiger partial charge on any atom is 0.221 e. The lowest BCUT2D eigenvalue weighted by atomic mass is 10.2. The number of hydrogen-bond donors (Lipinski definition) is 1. The van der Waals surface area contributed by atoms with Crippen molar-refractivity contribution in [3.8, 4) is 0 Å². The van der Waals surface area contributed by atoms with Crippen LogP contribution in [0.25, 0.3) is 10.1 Å². The zero-order valence-corrected chi connectivity index (χ0v) is 10.5. The van der Waals surface area contributed by atoms with Crippen LogP contribution in [0.2, 0.25) is 0 Å². The van der Waals surface area contributed by atoms with Crippen molar-refractivity contribution < 1.29 is 4.79 Å². The van der Waals surface area contributed by atoms with Crippen LogP contribution in [0.4, 0.5) is 5.69 Å². The van der Waals surface area contributed by atoms with E-state index in [1.165, 1.54) is 15.2 Å². The molecule has 1 aromatic carbocycles. The van der Waals surface area contributed by atoms with Crippen molar-refractivity contribution in [3.63, 3.8) is 0 Å². The molecule has 0 atom stereocenters. The van der Waals surface area contributed by atoms with Gasteiger partial charge in [0.05, 0.1) is 5.69 Å². The highest BCUT2D eigenvalue weighted by atomic mass is 127. The zero-order chi connectivity index (χ0) is 10.1. The van der Waals surface area contributed by atoms with Crippen LogP contribution in [0.1, 0.15) is 6.92 Å². The molecule has 0 aliphatic rings. The van der Waals surface area contributed by atoms with Crippen molar-refractivity contribution in [2.45, 2.75) is 6.92 Å². The van der Waals surface area contributed by atoms with Gasteiger partial charge in [-0.15, -0.1) is 11.3 Å². The van der Waals surface area contributed by atoms with Gasteiger partial charge >= 0.3 is 0 Å². The minimum atomic E-state index is -0.0282. The number of rotatable bonds is 1. The average molecular weight is 317 g/mol. The number of carbonyl (C=O) groups excluding carboxylic acids is 1. The summed E-state index contributed by atoms with van der Waals surface area (Å²) < 4.78 is 2.40. The van der Waals surface area contributed by atoms with Gasteiger partial charge in [-0.3, -0.25) is 4.79 Å². The molecule has 2 rings (SSSR count). The maximum absolute atomic E-state index is 11.0. The first-order valence-electron chi connectivity index (χ1n) is 4.12. The SMILES string of the molecule is CC(=O)Nc1cccc2scc(I)c12. The van der Waals surface area contributed by atoms with Crippen LogP contribution in [0.5, 0.6) is 0 Å². The van der Waals surface area contributed by atoms with Gasteiger partial charge in [0.15, 0.2) is 0 Å². The Morgan fingerprint density at radius 3 is 3.00 bits per heavy atom. The van der Waals surface area contributed by atoms with Gasteiger partial charge in [-0.25, -0.2) is 0 Å². The molecule has 1 amide bonds. The highest BCUT2D eigenvalue weighted by Crippen LogP contribution is 2.32. The standard InChI is InChI=1S/C10H8INOS/c1-6(13)12-8-3-2-4-9-10(8)7(11)5-14-9/h2-5H,1H3,(H,12,13). The average Bonchev–Trinajstić information content (AvgIpc) is 2.48. The third-order valence-electron chi connectivity index (χ3n) is 1.87. The van der Waals surface area contributed by atoms with Crippen LogP contribution in [-0.2, 0) is 4.79 Å². The molecule has 0 fully saturated rings. The van der Waals surface area contributed by atoms with E-state index in [2.05, 4.69) is 39.4 Å². The van der Waals surface area contributed by atoms with Crippen LogP contribution >= 0.6 is 33.9 Å². The molecule has 0 aliphatic carbocycles. The monoisotopic (exact) mass is 317 g/mol. The predicted molar refractivity (Wildman–Crippen MR) is 68.8 cm³/mol. The molecule has 0 unspecified atom stereocenters. The van der Waals surface area contributed by atoms with Crippen LogP contribution < -0.4 is 5.32 Å². The lowest BCUT2D eigenvalue weighted by Crippen LogP contribution is -2.05. The summed E-state index contributed by atoms with van der Waals surface area (Å²) in [6.07, 6.45) is 0. The van der Waals surface area contributed by atoms with Crippen LogP contribution in [-0.4, -0.2) is 5.91 Å². The summed E-state index contributed by atoms with van der Waals surface area (Å²) >= 11 is 3.98. The number of benzene rings is 1. The fourth-order valence-corrected chi connectivity index (χ4v) is 3.33. The summed E-state index contributed by atoms with van der Waals surface area (Å²) in [5.74, 6) is -0.0282. The summed E-state index contributed by atoms with van der Waals surface area (Å²) in [7, 11) is 0. The van der Waals surface area contributed by atoms with E-state index in [9.17, 15) is 4.79 Å². The Morgan fingerprint density at radius 2 is 2.29 bits per heavy atom. The third-order valence-corrected chi connectivity index (χ3v) is 4.09.